The van der Waals surface area contributed by atoms with E-state index in [-0.39, 0.29) is 5.82 Å². The molecule has 4 atom stereocenters. The number of ether oxygens (including phenoxy) is 1. The van der Waals surface area contributed by atoms with Gasteiger partial charge < -0.3 is 20.7 Å². The molecule has 8 heteroatoms. The minimum Gasteiger partial charge on any atom is -0.393 e. The van der Waals surface area contributed by atoms with Crippen molar-refractivity contribution >= 4 is 5.82 Å². The van der Waals surface area contributed by atoms with Crippen molar-refractivity contribution in [3.05, 3.63) is 34.4 Å². The maximum atomic E-state index is 14.6. The van der Waals surface area contributed by atoms with Crippen molar-refractivity contribution < 1.29 is 19.3 Å². The third-order valence-corrected chi connectivity index (χ3v) is 4.13. The van der Waals surface area contributed by atoms with Crippen molar-refractivity contribution in [1.82, 2.24) is 9.55 Å². The minimum absolute atomic E-state index is 0.0111. The molecule has 114 valence electrons. The second-order valence-corrected chi connectivity index (χ2v) is 5.23. The molecule has 1 aliphatic carbocycles. The molecule has 0 radical (unpaired) electrons. The molecule has 7 nitrogen and oxygen atoms in total. The number of halogens is 1. The summed E-state index contributed by atoms with van der Waals surface area (Å²) in [6, 6.07) is 1.33. The van der Waals surface area contributed by atoms with Crippen LogP contribution in [-0.2, 0) is 4.74 Å². The monoisotopic (exact) mass is 297 g/mol. The van der Waals surface area contributed by atoms with Crippen molar-refractivity contribution in [2.24, 2.45) is 0 Å². The van der Waals surface area contributed by atoms with Gasteiger partial charge in [-0.15, -0.1) is 0 Å². The molecule has 0 unspecified atom stereocenters. The van der Waals surface area contributed by atoms with Crippen molar-refractivity contribution in [2.45, 2.75) is 36.9 Å². The number of nitrogens with zero attached hydrogens (tertiary/aromatic N) is 2. The van der Waals surface area contributed by atoms with E-state index in [1.807, 2.05) is 6.92 Å². The second-order valence-electron chi connectivity index (χ2n) is 5.23. The number of aliphatic hydroxyl groups excluding tert-OH is 1. The van der Waals surface area contributed by atoms with Gasteiger partial charge in [0.15, 0.2) is 23.6 Å². The smallest absolute Gasteiger partial charge is 0.351 e. The normalized spacial score (nSPS) is 39.5. The van der Waals surface area contributed by atoms with Crippen molar-refractivity contribution in [3.8, 4) is 0 Å². The number of alkyl halides is 1. The molecular formula is C13H16FN3O4. The quantitative estimate of drug-likeness (QED) is 0.649. The van der Waals surface area contributed by atoms with E-state index in [1.165, 1.54) is 12.3 Å². The van der Waals surface area contributed by atoms with Gasteiger partial charge >= 0.3 is 5.69 Å². The van der Waals surface area contributed by atoms with Gasteiger partial charge in [0.2, 0.25) is 0 Å². The molecule has 0 aromatic carbocycles. The van der Waals surface area contributed by atoms with E-state index < -0.39 is 35.9 Å². The standard InChI is InChI=1S/C13H16FN3O4/c1-2-3-7-12(6-18)13(7,20)9(14)10(21-12)17-5-4-8(15)16-11(17)19/h3-5,9-10,18,20H,2,6H2,1H3,(H2,15,16,19)/b7-3-/t9-,10+,12-,13-/m0/s1. The summed E-state index contributed by atoms with van der Waals surface area (Å²) in [7, 11) is 0. The van der Waals surface area contributed by atoms with Crippen LogP contribution in [0.1, 0.15) is 19.6 Å². The third kappa shape index (κ3) is 1.57. The van der Waals surface area contributed by atoms with Gasteiger partial charge in [0.25, 0.3) is 0 Å². The Kier molecular flexibility index (Phi) is 2.94. The first-order chi connectivity index (χ1) is 9.92. The Hall–Kier alpha value is -1.77. The van der Waals surface area contributed by atoms with E-state index in [9.17, 15) is 19.4 Å². The first-order valence-corrected chi connectivity index (χ1v) is 6.63. The largest absolute Gasteiger partial charge is 0.393 e. The summed E-state index contributed by atoms with van der Waals surface area (Å²) in [4.78, 5) is 15.3. The van der Waals surface area contributed by atoms with Crippen LogP contribution in [0.3, 0.4) is 0 Å². The van der Waals surface area contributed by atoms with Crippen LogP contribution in [0.4, 0.5) is 10.2 Å². The summed E-state index contributed by atoms with van der Waals surface area (Å²) in [5, 5.41) is 20.0. The van der Waals surface area contributed by atoms with Gasteiger partial charge in [0, 0.05) is 11.8 Å². The predicted molar refractivity (Wildman–Crippen MR) is 71.1 cm³/mol. The molecule has 2 fully saturated rings. The number of rotatable bonds is 3. The van der Waals surface area contributed by atoms with E-state index in [2.05, 4.69) is 4.98 Å². The van der Waals surface area contributed by atoms with Crippen molar-refractivity contribution in [2.75, 3.05) is 12.3 Å². The molecule has 2 aliphatic rings. The highest BCUT2D eigenvalue weighted by Crippen LogP contribution is 2.67. The number of aliphatic hydroxyl groups is 2. The molecule has 1 aromatic rings. The lowest BCUT2D eigenvalue weighted by Gasteiger charge is -2.21. The van der Waals surface area contributed by atoms with Gasteiger partial charge in [-0.25, -0.2) is 9.18 Å². The van der Waals surface area contributed by atoms with Crippen LogP contribution in [0.25, 0.3) is 0 Å². The Morgan fingerprint density at radius 2 is 2.38 bits per heavy atom. The highest BCUT2D eigenvalue weighted by Gasteiger charge is 2.84. The average molecular weight is 297 g/mol. The van der Waals surface area contributed by atoms with E-state index in [0.717, 1.165) is 4.57 Å². The molecule has 1 saturated heterocycles. The van der Waals surface area contributed by atoms with E-state index in [0.29, 0.717) is 12.0 Å². The zero-order valence-electron chi connectivity index (χ0n) is 11.4. The second kappa shape index (κ2) is 4.36. The van der Waals surface area contributed by atoms with Crippen LogP contribution in [0.5, 0.6) is 0 Å². The van der Waals surface area contributed by atoms with Crippen LogP contribution in [-0.4, -0.2) is 43.7 Å². The SMILES string of the molecule is CC/C=C1/[C@]2(CO)O[C@@H](n3ccc(N)nc3=O)[C@H](F)[C@@]12O. The Labute approximate surface area is 119 Å². The zero-order valence-corrected chi connectivity index (χ0v) is 11.4. The summed E-state index contributed by atoms with van der Waals surface area (Å²) in [5.41, 5.74) is 1.54. The van der Waals surface area contributed by atoms with Crippen LogP contribution in [0.2, 0.25) is 0 Å². The Morgan fingerprint density at radius 3 is 2.90 bits per heavy atom. The van der Waals surface area contributed by atoms with Gasteiger partial charge in [-0.3, -0.25) is 4.57 Å². The summed E-state index contributed by atoms with van der Waals surface area (Å²) < 4.78 is 21.1. The first-order valence-electron chi connectivity index (χ1n) is 6.63. The summed E-state index contributed by atoms with van der Waals surface area (Å²) in [5.74, 6) is 0.0111. The number of allylic oxidation sites excluding steroid dienone is 1. The molecular weight excluding hydrogens is 281 g/mol. The van der Waals surface area contributed by atoms with E-state index in [4.69, 9.17) is 10.5 Å². The number of nitrogen functional groups attached to an aromatic ring is 1. The lowest BCUT2D eigenvalue weighted by molar-refractivity contribution is -0.0687. The number of anilines is 1. The van der Waals surface area contributed by atoms with Gasteiger partial charge in [0.05, 0.1) is 6.61 Å². The van der Waals surface area contributed by atoms with Crippen LogP contribution >= 0.6 is 0 Å². The molecule has 0 amide bonds. The number of hydrogen-bond acceptors (Lipinski definition) is 6. The van der Waals surface area contributed by atoms with Gasteiger partial charge in [-0.2, -0.15) is 4.98 Å². The molecule has 21 heavy (non-hydrogen) atoms. The van der Waals surface area contributed by atoms with E-state index >= 15 is 0 Å². The molecule has 4 N–H and O–H groups in total. The number of fused-ring (bicyclic) bond motifs is 1. The lowest BCUT2D eigenvalue weighted by Crippen LogP contribution is -2.36. The fourth-order valence-corrected chi connectivity index (χ4v) is 3.05. The molecule has 1 aliphatic heterocycles. The van der Waals surface area contributed by atoms with Crippen LogP contribution < -0.4 is 11.4 Å². The Bertz CT molecular complexity index is 670. The van der Waals surface area contributed by atoms with Gasteiger partial charge in [-0.05, 0) is 12.5 Å². The van der Waals surface area contributed by atoms with Gasteiger partial charge in [0.1, 0.15) is 5.82 Å². The fraction of sp³-hybridized carbons (Fsp3) is 0.538. The maximum absolute atomic E-state index is 14.6. The minimum atomic E-state index is -1.90. The Balaban J connectivity index is 2.01. The van der Waals surface area contributed by atoms with Crippen LogP contribution in [0.15, 0.2) is 28.7 Å². The molecule has 3 rings (SSSR count). The highest BCUT2D eigenvalue weighted by atomic mass is 19.1. The predicted octanol–water partition coefficient (Wildman–Crippen LogP) is -0.495. The third-order valence-electron chi connectivity index (χ3n) is 4.13. The molecule has 1 aromatic heterocycles. The summed E-state index contributed by atoms with van der Waals surface area (Å²) in [6.07, 6.45) is 0.221. The number of hydrogen-bond donors (Lipinski definition) is 3. The molecule has 0 spiro atoms. The first kappa shape index (κ1) is 14.2. The number of nitrogens with two attached hydrogens (primary N) is 1. The van der Waals surface area contributed by atoms with Gasteiger partial charge in [-0.1, -0.05) is 13.0 Å². The zero-order chi connectivity index (χ0) is 15.4. The summed E-state index contributed by atoms with van der Waals surface area (Å²) in [6.45, 7) is 1.26. The van der Waals surface area contributed by atoms with E-state index in [1.54, 1.807) is 6.08 Å². The topological polar surface area (TPSA) is 111 Å². The fourth-order valence-electron chi connectivity index (χ4n) is 3.05. The average Bonchev–Trinajstić information content (AvgIpc) is 2.86. The van der Waals surface area contributed by atoms with Crippen molar-refractivity contribution in [3.63, 3.8) is 0 Å². The lowest BCUT2D eigenvalue weighted by atomic mass is 10.1. The number of aromatic nitrogens is 2. The molecule has 2 heterocycles. The summed E-state index contributed by atoms with van der Waals surface area (Å²) >= 11 is 0. The maximum Gasteiger partial charge on any atom is 0.351 e. The molecule has 0 bridgehead atoms. The Morgan fingerprint density at radius 1 is 1.67 bits per heavy atom. The molecule has 1 saturated carbocycles. The van der Waals surface area contributed by atoms with Crippen molar-refractivity contribution in [1.29, 1.82) is 0 Å². The highest BCUT2D eigenvalue weighted by molar-refractivity contribution is 5.57. The van der Waals surface area contributed by atoms with Crippen LogP contribution in [0, 0.1) is 0 Å².